The first-order chi connectivity index (χ1) is 9.63. The van der Waals surface area contributed by atoms with Gasteiger partial charge in [0.05, 0.1) is 0 Å². The summed E-state index contributed by atoms with van der Waals surface area (Å²) in [5.74, 6) is 2.36. The van der Waals surface area contributed by atoms with Crippen LogP contribution in [0, 0.1) is 37.4 Å². The molecule has 1 nitrogen and oxygen atoms in total. The molecule has 0 radical (unpaired) electrons. The van der Waals surface area contributed by atoms with Gasteiger partial charge in [0.15, 0.2) is 0 Å². The van der Waals surface area contributed by atoms with Crippen molar-refractivity contribution >= 4 is 0 Å². The lowest BCUT2D eigenvalue weighted by Gasteiger charge is -2.24. The minimum atomic E-state index is -0.0129. The van der Waals surface area contributed by atoms with Crippen molar-refractivity contribution in [1.29, 1.82) is 0 Å². The molecule has 3 unspecified atom stereocenters. The van der Waals surface area contributed by atoms with Gasteiger partial charge in [0.2, 0.25) is 0 Å². The van der Waals surface area contributed by atoms with E-state index in [0.717, 1.165) is 41.5 Å². The Morgan fingerprint density at radius 2 is 1.95 bits per heavy atom. The maximum atomic E-state index is 14.5. The first-order valence-corrected chi connectivity index (χ1v) is 8.13. The van der Waals surface area contributed by atoms with E-state index in [1.165, 1.54) is 19.3 Å². The van der Waals surface area contributed by atoms with Gasteiger partial charge in [-0.1, -0.05) is 19.4 Å². The Hall–Kier alpha value is -0.890. The van der Waals surface area contributed by atoms with Gasteiger partial charge in [-0.15, -0.1) is 0 Å². The van der Waals surface area contributed by atoms with Crippen LogP contribution >= 0.6 is 0 Å². The maximum Gasteiger partial charge on any atom is 0.128 e. The molecule has 20 heavy (non-hydrogen) atoms. The average molecular weight is 275 g/mol. The molecular formula is C18H26FN. The summed E-state index contributed by atoms with van der Waals surface area (Å²) in [6.45, 7) is 7.19. The molecule has 0 bridgehead atoms. The van der Waals surface area contributed by atoms with Crippen molar-refractivity contribution in [1.82, 2.24) is 5.32 Å². The Labute approximate surface area is 122 Å². The van der Waals surface area contributed by atoms with Gasteiger partial charge in [0, 0.05) is 11.6 Å². The zero-order valence-corrected chi connectivity index (χ0v) is 12.9. The molecule has 2 fully saturated rings. The lowest BCUT2D eigenvalue weighted by Crippen LogP contribution is -2.27. The number of nitrogens with one attached hydrogen (secondary N) is 1. The quantitative estimate of drug-likeness (QED) is 0.832. The molecule has 1 aromatic carbocycles. The molecule has 1 N–H and O–H groups in total. The Balaban J connectivity index is 1.89. The van der Waals surface area contributed by atoms with Crippen molar-refractivity contribution < 1.29 is 4.39 Å². The second kappa shape index (κ2) is 5.48. The highest BCUT2D eigenvalue weighted by Gasteiger charge is 2.56. The molecule has 110 valence electrons. The number of halogens is 1. The van der Waals surface area contributed by atoms with Crippen molar-refractivity contribution in [3.05, 3.63) is 34.6 Å². The molecule has 0 heterocycles. The van der Waals surface area contributed by atoms with Gasteiger partial charge in [-0.2, -0.15) is 0 Å². The number of fused-ring (bicyclic) bond motifs is 1. The minimum Gasteiger partial charge on any atom is -0.310 e. The summed E-state index contributed by atoms with van der Waals surface area (Å²) in [5.41, 5.74) is 3.07. The summed E-state index contributed by atoms with van der Waals surface area (Å²) in [4.78, 5) is 0. The van der Waals surface area contributed by atoms with Gasteiger partial charge in [-0.3, -0.25) is 0 Å². The summed E-state index contributed by atoms with van der Waals surface area (Å²) < 4.78 is 14.5. The zero-order chi connectivity index (χ0) is 14.3. The fourth-order valence-electron chi connectivity index (χ4n) is 4.42. The Kier molecular flexibility index (Phi) is 3.85. The molecule has 2 saturated carbocycles. The van der Waals surface area contributed by atoms with Crippen molar-refractivity contribution in [2.45, 2.75) is 52.5 Å². The summed E-state index contributed by atoms with van der Waals surface area (Å²) in [6, 6.07) is 4.05. The van der Waals surface area contributed by atoms with Crippen LogP contribution in [0.5, 0.6) is 0 Å². The Morgan fingerprint density at radius 1 is 1.25 bits per heavy atom. The smallest absolute Gasteiger partial charge is 0.128 e. The summed E-state index contributed by atoms with van der Waals surface area (Å²) in [6.07, 6.45) is 5.19. The molecule has 2 aliphatic carbocycles. The second-order valence-electron chi connectivity index (χ2n) is 6.75. The molecule has 0 aliphatic heterocycles. The summed E-state index contributed by atoms with van der Waals surface area (Å²) in [7, 11) is 0. The molecule has 0 saturated heterocycles. The highest BCUT2D eigenvalue weighted by molar-refractivity contribution is 5.36. The number of rotatable bonds is 5. The van der Waals surface area contributed by atoms with Gasteiger partial charge in [0.1, 0.15) is 5.82 Å². The van der Waals surface area contributed by atoms with E-state index < -0.39 is 0 Å². The largest absolute Gasteiger partial charge is 0.310 e. The third-order valence-corrected chi connectivity index (χ3v) is 5.26. The molecule has 0 spiro atoms. The van der Waals surface area contributed by atoms with E-state index in [0.29, 0.717) is 5.92 Å². The first kappa shape index (κ1) is 14.1. The zero-order valence-electron chi connectivity index (χ0n) is 12.9. The molecular weight excluding hydrogens is 249 g/mol. The predicted molar refractivity (Wildman–Crippen MR) is 81.2 cm³/mol. The van der Waals surface area contributed by atoms with E-state index in [-0.39, 0.29) is 11.9 Å². The summed E-state index contributed by atoms with van der Waals surface area (Å²) >= 11 is 0. The van der Waals surface area contributed by atoms with E-state index in [9.17, 15) is 4.39 Å². The normalized spacial score (nSPS) is 29.3. The third kappa shape index (κ3) is 2.39. The van der Waals surface area contributed by atoms with Crippen LogP contribution in [0.1, 0.15) is 55.3 Å². The second-order valence-corrected chi connectivity index (χ2v) is 6.75. The topological polar surface area (TPSA) is 12.0 Å². The number of aryl methyl sites for hydroxylation is 2. The van der Waals surface area contributed by atoms with Gasteiger partial charge in [-0.05, 0) is 74.6 Å². The predicted octanol–water partition coefficient (Wildman–Crippen LogP) is 4.53. The lowest BCUT2D eigenvalue weighted by molar-refractivity contribution is 0.402. The van der Waals surface area contributed by atoms with Crippen LogP contribution in [0.2, 0.25) is 0 Å². The average Bonchev–Trinajstić information content (AvgIpc) is 2.85. The van der Waals surface area contributed by atoms with Gasteiger partial charge >= 0.3 is 0 Å². The highest BCUT2D eigenvalue weighted by Crippen LogP contribution is 2.62. The monoisotopic (exact) mass is 275 g/mol. The third-order valence-electron chi connectivity index (χ3n) is 5.26. The van der Waals surface area contributed by atoms with Crippen LogP contribution in [0.3, 0.4) is 0 Å². The maximum absolute atomic E-state index is 14.5. The van der Waals surface area contributed by atoms with Gasteiger partial charge < -0.3 is 5.32 Å². The van der Waals surface area contributed by atoms with Crippen molar-refractivity contribution in [3.8, 4) is 0 Å². The molecule has 1 aromatic rings. The first-order valence-electron chi connectivity index (χ1n) is 8.13. The van der Waals surface area contributed by atoms with Gasteiger partial charge in [-0.25, -0.2) is 4.39 Å². The number of hydrogen-bond acceptors (Lipinski definition) is 1. The highest BCUT2D eigenvalue weighted by atomic mass is 19.1. The number of hydrogen-bond donors (Lipinski definition) is 1. The Morgan fingerprint density at radius 3 is 2.55 bits per heavy atom. The van der Waals surface area contributed by atoms with Crippen LogP contribution in [0.25, 0.3) is 0 Å². The van der Waals surface area contributed by atoms with Crippen LogP contribution in [-0.2, 0) is 0 Å². The molecule has 2 aliphatic rings. The fraction of sp³-hybridized carbons (Fsp3) is 0.667. The van der Waals surface area contributed by atoms with E-state index in [1.807, 2.05) is 6.92 Å². The van der Waals surface area contributed by atoms with Crippen LogP contribution < -0.4 is 5.32 Å². The van der Waals surface area contributed by atoms with Crippen molar-refractivity contribution in [2.75, 3.05) is 6.54 Å². The van der Waals surface area contributed by atoms with E-state index in [1.54, 1.807) is 6.07 Å². The Bertz CT molecular complexity index is 463. The van der Waals surface area contributed by atoms with Crippen LogP contribution in [-0.4, -0.2) is 6.54 Å². The standard InChI is InChI=1S/C18H26FN/c1-4-8-20-18(17-13-6-5-7-14(13)17)16-12(3)9-11(2)10-15(16)19/h9-10,13-14,17-18,20H,4-8H2,1-3H3. The molecule has 2 heteroatoms. The van der Waals surface area contributed by atoms with Crippen LogP contribution in [0.4, 0.5) is 4.39 Å². The lowest BCUT2D eigenvalue weighted by atomic mass is 9.92. The molecule has 3 rings (SSSR count). The molecule has 0 amide bonds. The summed E-state index contributed by atoms with van der Waals surface area (Å²) in [5, 5.41) is 3.64. The van der Waals surface area contributed by atoms with E-state index in [4.69, 9.17) is 0 Å². The SMILES string of the molecule is CCCNC(c1c(C)cc(C)cc1F)C1C2CCCC21. The minimum absolute atomic E-state index is 0.0129. The van der Waals surface area contributed by atoms with Crippen molar-refractivity contribution in [3.63, 3.8) is 0 Å². The van der Waals surface area contributed by atoms with E-state index >= 15 is 0 Å². The number of benzene rings is 1. The van der Waals surface area contributed by atoms with Crippen molar-refractivity contribution in [2.24, 2.45) is 17.8 Å². The van der Waals surface area contributed by atoms with Crippen LogP contribution in [0.15, 0.2) is 12.1 Å². The fourth-order valence-corrected chi connectivity index (χ4v) is 4.42. The molecule has 3 atom stereocenters. The van der Waals surface area contributed by atoms with E-state index in [2.05, 4.69) is 25.2 Å². The molecule has 0 aromatic heterocycles. The van der Waals surface area contributed by atoms with Gasteiger partial charge in [0.25, 0.3) is 0 Å².